The van der Waals surface area contributed by atoms with Crippen LogP contribution in [0.5, 0.6) is 0 Å². The second-order valence-electron chi connectivity index (χ2n) is 8.29. The third kappa shape index (κ3) is 5.29. The molecule has 2 heterocycles. The van der Waals surface area contributed by atoms with Gasteiger partial charge in [-0.05, 0) is 54.5 Å². The molecule has 0 atom stereocenters. The molecule has 0 saturated carbocycles. The van der Waals surface area contributed by atoms with Crippen LogP contribution in [-0.2, 0) is 16.4 Å². The number of carbonyl (C=O) groups is 1. The lowest BCUT2D eigenvalue weighted by atomic mass is 10.1. The highest BCUT2D eigenvalue weighted by Crippen LogP contribution is 2.28. The van der Waals surface area contributed by atoms with Crippen molar-refractivity contribution in [1.82, 2.24) is 9.62 Å². The van der Waals surface area contributed by atoms with Gasteiger partial charge in [0.1, 0.15) is 9.77 Å². The molecule has 1 aromatic heterocycles. The number of nitrogens with one attached hydrogen (secondary N) is 1. The number of nitrogens with zero attached hydrogens (tertiary/aromatic N) is 2. The molecule has 174 valence electrons. The SMILES string of the molecule is Cc1ccc(C)c(N2CCN(S(=O)(=O)c3ccsc3C(=O)NCCc3ccccc3)CC2)c1. The van der Waals surface area contributed by atoms with E-state index in [4.69, 9.17) is 0 Å². The second kappa shape index (κ2) is 10.1. The number of amides is 1. The number of hydrogen-bond acceptors (Lipinski definition) is 5. The molecule has 6 nitrogen and oxygen atoms in total. The van der Waals surface area contributed by atoms with Crippen LogP contribution < -0.4 is 10.2 Å². The summed E-state index contributed by atoms with van der Waals surface area (Å²) in [4.78, 5) is 15.3. The van der Waals surface area contributed by atoms with Gasteiger partial charge in [-0.3, -0.25) is 4.79 Å². The maximum Gasteiger partial charge on any atom is 0.262 e. The molecule has 0 unspecified atom stereocenters. The number of thiophene rings is 1. The van der Waals surface area contributed by atoms with Crippen LogP contribution in [0.25, 0.3) is 0 Å². The lowest BCUT2D eigenvalue weighted by Gasteiger charge is -2.36. The predicted octanol–water partition coefficient (Wildman–Crippen LogP) is 3.85. The predicted molar refractivity (Wildman–Crippen MR) is 134 cm³/mol. The fourth-order valence-electron chi connectivity index (χ4n) is 4.08. The molecule has 2 aromatic carbocycles. The molecule has 8 heteroatoms. The summed E-state index contributed by atoms with van der Waals surface area (Å²) in [6.45, 7) is 6.60. The average molecular weight is 484 g/mol. The van der Waals surface area contributed by atoms with Gasteiger partial charge in [0.2, 0.25) is 10.0 Å². The molecule has 4 rings (SSSR count). The minimum Gasteiger partial charge on any atom is -0.369 e. The lowest BCUT2D eigenvalue weighted by Crippen LogP contribution is -2.49. The maximum absolute atomic E-state index is 13.4. The quantitative estimate of drug-likeness (QED) is 0.554. The zero-order chi connectivity index (χ0) is 23.4. The molecule has 1 aliphatic heterocycles. The minimum absolute atomic E-state index is 0.102. The number of rotatable bonds is 7. The first-order chi connectivity index (χ1) is 15.9. The van der Waals surface area contributed by atoms with Gasteiger partial charge in [-0.1, -0.05) is 42.5 Å². The largest absolute Gasteiger partial charge is 0.369 e. The van der Waals surface area contributed by atoms with Crippen molar-refractivity contribution >= 4 is 33.0 Å². The number of carbonyl (C=O) groups excluding carboxylic acids is 1. The van der Waals surface area contributed by atoms with Crippen LogP contribution in [-0.4, -0.2) is 51.4 Å². The van der Waals surface area contributed by atoms with Crippen molar-refractivity contribution in [3.05, 3.63) is 81.5 Å². The molecule has 3 aromatic rings. The molecule has 0 radical (unpaired) electrons. The highest BCUT2D eigenvalue weighted by molar-refractivity contribution is 7.89. The second-order valence-corrected chi connectivity index (χ2v) is 11.1. The Morgan fingerprint density at radius 1 is 1.00 bits per heavy atom. The number of piperazine rings is 1. The summed E-state index contributed by atoms with van der Waals surface area (Å²) < 4.78 is 28.2. The molecule has 0 spiro atoms. The summed E-state index contributed by atoms with van der Waals surface area (Å²) in [5.41, 5.74) is 4.65. The summed E-state index contributed by atoms with van der Waals surface area (Å²) in [6, 6.07) is 17.8. The fourth-order valence-corrected chi connectivity index (χ4v) is 6.82. The molecule has 1 saturated heterocycles. The van der Waals surface area contributed by atoms with E-state index in [1.807, 2.05) is 30.3 Å². The zero-order valence-electron chi connectivity index (χ0n) is 19.0. The summed E-state index contributed by atoms with van der Waals surface area (Å²) in [6.07, 6.45) is 0.695. The molecule has 1 N–H and O–H groups in total. The van der Waals surface area contributed by atoms with Crippen LogP contribution in [0.4, 0.5) is 5.69 Å². The van der Waals surface area contributed by atoms with Crippen molar-refractivity contribution in [3.63, 3.8) is 0 Å². The molecule has 0 bridgehead atoms. The van der Waals surface area contributed by atoms with Gasteiger partial charge < -0.3 is 10.2 Å². The first-order valence-electron chi connectivity index (χ1n) is 11.1. The lowest BCUT2D eigenvalue weighted by molar-refractivity contribution is 0.0955. The fraction of sp³-hybridized carbons (Fsp3) is 0.320. The smallest absolute Gasteiger partial charge is 0.262 e. The van der Waals surface area contributed by atoms with Gasteiger partial charge in [0.05, 0.1) is 0 Å². The first kappa shape index (κ1) is 23.5. The van der Waals surface area contributed by atoms with E-state index in [1.54, 1.807) is 11.4 Å². The van der Waals surface area contributed by atoms with Crippen molar-refractivity contribution in [2.45, 2.75) is 25.2 Å². The van der Waals surface area contributed by atoms with Crippen molar-refractivity contribution in [2.75, 3.05) is 37.6 Å². The molecular weight excluding hydrogens is 454 g/mol. The number of anilines is 1. The Bertz CT molecular complexity index is 1210. The normalized spacial score (nSPS) is 14.9. The van der Waals surface area contributed by atoms with E-state index in [0.29, 0.717) is 39.1 Å². The summed E-state index contributed by atoms with van der Waals surface area (Å²) >= 11 is 1.17. The Kier molecular flexibility index (Phi) is 7.17. The van der Waals surface area contributed by atoms with Gasteiger partial charge in [0.15, 0.2) is 0 Å². The van der Waals surface area contributed by atoms with Gasteiger partial charge in [-0.15, -0.1) is 11.3 Å². The van der Waals surface area contributed by atoms with E-state index in [2.05, 4.69) is 42.3 Å². The van der Waals surface area contributed by atoms with E-state index >= 15 is 0 Å². The van der Waals surface area contributed by atoms with Crippen LogP contribution in [0.2, 0.25) is 0 Å². The van der Waals surface area contributed by atoms with Crippen LogP contribution in [0.3, 0.4) is 0 Å². The van der Waals surface area contributed by atoms with Crippen molar-refractivity contribution in [3.8, 4) is 0 Å². The van der Waals surface area contributed by atoms with Gasteiger partial charge in [0, 0.05) is 38.4 Å². The molecule has 0 aliphatic carbocycles. The van der Waals surface area contributed by atoms with Crippen molar-refractivity contribution in [1.29, 1.82) is 0 Å². The summed E-state index contributed by atoms with van der Waals surface area (Å²) in [5.74, 6) is -0.339. The highest BCUT2D eigenvalue weighted by atomic mass is 32.2. The Hall–Kier alpha value is -2.68. The van der Waals surface area contributed by atoms with Crippen LogP contribution >= 0.6 is 11.3 Å². The average Bonchev–Trinajstić information content (AvgIpc) is 3.33. The topological polar surface area (TPSA) is 69.7 Å². The Balaban J connectivity index is 1.41. The van der Waals surface area contributed by atoms with Crippen LogP contribution in [0.15, 0.2) is 64.9 Å². The van der Waals surface area contributed by atoms with Gasteiger partial charge in [-0.2, -0.15) is 4.31 Å². The number of sulfonamides is 1. The van der Waals surface area contributed by atoms with Crippen LogP contribution in [0.1, 0.15) is 26.4 Å². The van der Waals surface area contributed by atoms with E-state index in [1.165, 1.54) is 26.8 Å². The Morgan fingerprint density at radius 2 is 1.73 bits per heavy atom. The zero-order valence-corrected chi connectivity index (χ0v) is 20.6. The van der Waals surface area contributed by atoms with Crippen molar-refractivity contribution in [2.24, 2.45) is 0 Å². The van der Waals surface area contributed by atoms with Crippen molar-refractivity contribution < 1.29 is 13.2 Å². The van der Waals surface area contributed by atoms with Gasteiger partial charge >= 0.3 is 0 Å². The van der Waals surface area contributed by atoms with E-state index in [0.717, 1.165) is 11.3 Å². The highest BCUT2D eigenvalue weighted by Gasteiger charge is 2.32. The molecule has 1 amide bonds. The number of benzene rings is 2. The molecular formula is C25H29N3O3S2. The first-order valence-corrected chi connectivity index (χ1v) is 13.4. The standard InChI is InChI=1S/C25H29N3O3S2/c1-19-8-9-20(2)22(18-19)27-13-15-28(16-14-27)33(30,31)23-11-17-32-24(23)25(29)26-12-10-21-6-4-3-5-7-21/h3-9,11,17-18H,10,12-16H2,1-2H3,(H,26,29). The third-order valence-corrected chi connectivity index (χ3v) is 8.92. The van der Waals surface area contributed by atoms with E-state index in [9.17, 15) is 13.2 Å². The maximum atomic E-state index is 13.4. The molecule has 1 fully saturated rings. The Labute approximate surface area is 199 Å². The molecule has 33 heavy (non-hydrogen) atoms. The number of hydrogen-bond donors (Lipinski definition) is 1. The Morgan fingerprint density at radius 3 is 2.45 bits per heavy atom. The number of aryl methyl sites for hydroxylation is 2. The van der Waals surface area contributed by atoms with Gasteiger partial charge in [-0.25, -0.2) is 8.42 Å². The molecule has 1 aliphatic rings. The van der Waals surface area contributed by atoms with Gasteiger partial charge in [0.25, 0.3) is 5.91 Å². The minimum atomic E-state index is -3.74. The summed E-state index contributed by atoms with van der Waals surface area (Å²) in [7, 11) is -3.74. The third-order valence-electron chi connectivity index (χ3n) is 5.94. The monoisotopic (exact) mass is 483 g/mol. The van der Waals surface area contributed by atoms with Crippen LogP contribution in [0, 0.1) is 13.8 Å². The summed E-state index contributed by atoms with van der Waals surface area (Å²) in [5, 5.41) is 4.54. The van der Waals surface area contributed by atoms with E-state index < -0.39 is 10.0 Å². The van der Waals surface area contributed by atoms with E-state index in [-0.39, 0.29) is 15.7 Å².